The summed E-state index contributed by atoms with van der Waals surface area (Å²) in [5.74, 6) is 0.341. The molecule has 0 aliphatic carbocycles. The number of ether oxygens (including phenoxy) is 2. The Bertz CT molecular complexity index is 684. The maximum absolute atomic E-state index is 12.2. The van der Waals surface area contributed by atoms with Crippen LogP contribution in [0.25, 0.3) is 10.8 Å². The summed E-state index contributed by atoms with van der Waals surface area (Å²) in [5, 5.41) is 2.37. The molecule has 1 aliphatic rings. The highest BCUT2D eigenvalue weighted by Gasteiger charge is 2.21. The molecule has 2 aromatic rings. The van der Waals surface area contributed by atoms with Crippen LogP contribution in [0.3, 0.4) is 0 Å². The molecule has 0 spiro atoms. The summed E-state index contributed by atoms with van der Waals surface area (Å²) in [6.45, 7) is 2.07. The van der Waals surface area contributed by atoms with Gasteiger partial charge in [-0.1, -0.05) is 47.5 Å². The summed E-state index contributed by atoms with van der Waals surface area (Å²) in [7, 11) is 0. The van der Waals surface area contributed by atoms with Crippen LogP contribution in [-0.4, -0.2) is 37.3 Å². The maximum atomic E-state index is 12.2. The highest BCUT2D eigenvalue weighted by atomic mass is 35.5. The number of carbonyl (C=O) groups is 1. The van der Waals surface area contributed by atoms with Crippen molar-refractivity contribution in [2.45, 2.75) is 0 Å². The molecule has 1 heterocycles. The Hall–Kier alpha value is -1.49. The lowest BCUT2D eigenvalue weighted by Crippen LogP contribution is -2.42. The van der Waals surface area contributed by atoms with Gasteiger partial charge >= 0.3 is 6.09 Å². The van der Waals surface area contributed by atoms with Crippen molar-refractivity contribution >= 4 is 40.1 Å². The number of nitrogens with zero attached hydrogens (tertiary/aromatic N) is 1. The second-order valence-electron chi connectivity index (χ2n) is 4.68. The molecule has 0 N–H and O–H groups in total. The Balaban J connectivity index is 1.94. The van der Waals surface area contributed by atoms with Crippen LogP contribution >= 0.6 is 23.2 Å². The number of hydrogen-bond donors (Lipinski definition) is 0. The first-order valence-corrected chi connectivity index (χ1v) is 7.33. The molecule has 2 aromatic carbocycles. The lowest BCUT2D eigenvalue weighted by molar-refractivity contribution is 0.0417. The summed E-state index contributed by atoms with van der Waals surface area (Å²) in [6.07, 6.45) is -0.423. The predicted molar refractivity (Wildman–Crippen MR) is 82.4 cm³/mol. The molecular formula is C15H13Cl2NO3. The third-order valence-corrected chi connectivity index (χ3v) is 3.95. The van der Waals surface area contributed by atoms with Gasteiger partial charge in [-0.2, -0.15) is 0 Å². The van der Waals surface area contributed by atoms with Crippen LogP contribution in [-0.2, 0) is 4.74 Å². The van der Waals surface area contributed by atoms with Gasteiger partial charge in [0.15, 0.2) is 5.75 Å². The zero-order valence-corrected chi connectivity index (χ0v) is 12.7. The summed E-state index contributed by atoms with van der Waals surface area (Å²) >= 11 is 12.4. The Morgan fingerprint density at radius 1 is 1.10 bits per heavy atom. The molecule has 1 saturated heterocycles. The quantitative estimate of drug-likeness (QED) is 0.796. The van der Waals surface area contributed by atoms with Crippen molar-refractivity contribution in [3.63, 3.8) is 0 Å². The molecule has 3 rings (SSSR count). The number of benzene rings is 2. The van der Waals surface area contributed by atoms with Gasteiger partial charge < -0.3 is 14.4 Å². The van der Waals surface area contributed by atoms with E-state index < -0.39 is 6.09 Å². The van der Waals surface area contributed by atoms with Gasteiger partial charge in [-0.3, -0.25) is 0 Å². The maximum Gasteiger partial charge on any atom is 0.415 e. The van der Waals surface area contributed by atoms with Crippen LogP contribution in [0.1, 0.15) is 0 Å². The molecule has 6 heteroatoms. The average molecular weight is 326 g/mol. The van der Waals surface area contributed by atoms with E-state index in [1.165, 1.54) is 0 Å². The number of rotatable bonds is 1. The highest BCUT2D eigenvalue weighted by Crippen LogP contribution is 2.38. The van der Waals surface area contributed by atoms with Crippen LogP contribution < -0.4 is 4.74 Å². The van der Waals surface area contributed by atoms with Gasteiger partial charge in [-0.05, 0) is 6.07 Å². The largest absolute Gasteiger partial charge is 0.415 e. The first-order valence-electron chi connectivity index (χ1n) is 6.58. The second kappa shape index (κ2) is 6.10. The highest BCUT2D eigenvalue weighted by molar-refractivity contribution is 6.40. The van der Waals surface area contributed by atoms with Crippen molar-refractivity contribution in [2.24, 2.45) is 0 Å². The molecule has 21 heavy (non-hydrogen) atoms. The third-order valence-electron chi connectivity index (χ3n) is 3.36. The summed E-state index contributed by atoms with van der Waals surface area (Å²) in [5.41, 5.74) is 0. The number of halogens is 2. The molecule has 0 aromatic heterocycles. The zero-order chi connectivity index (χ0) is 14.8. The van der Waals surface area contributed by atoms with Gasteiger partial charge in [0, 0.05) is 23.9 Å². The van der Waals surface area contributed by atoms with E-state index >= 15 is 0 Å². The molecule has 0 radical (unpaired) electrons. The molecule has 110 valence electrons. The van der Waals surface area contributed by atoms with E-state index in [0.29, 0.717) is 42.1 Å². The van der Waals surface area contributed by atoms with Crippen LogP contribution in [0.2, 0.25) is 10.0 Å². The van der Waals surface area contributed by atoms with Crippen molar-refractivity contribution in [1.82, 2.24) is 4.90 Å². The van der Waals surface area contributed by atoms with Gasteiger partial charge in [0.25, 0.3) is 0 Å². The molecule has 0 saturated carbocycles. The standard InChI is InChI=1S/C15H13Cl2NO3/c16-12-9-13(17)14(11-4-2-1-3-10(11)12)21-15(19)18-5-7-20-8-6-18/h1-4,9H,5-8H2. The van der Waals surface area contributed by atoms with Crippen molar-refractivity contribution in [3.8, 4) is 5.75 Å². The molecule has 1 aliphatic heterocycles. The molecule has 1 amide bonds. The molecule has 0 unspecified atom stereocenters. The average Bonchev–Trinajstić information content (AvgIpc) is 2.52. The number of morpholine rings is 1. The normalized spacial score (nSPS) is 15.2. The number of carbonyl (C=O) groups excluding carboxylic acids is 1. The van der Waals surface area contributed by atoms with Crippen molar-refractivity contribution in [1.29, 1.82) is 0 Å². The SMILES string of the molecule is O=C(Oc1c(Cl)cc(Cl)c2ccccc12)N1CCOCC1. The van der Waals surface area contributed by atoms with Crippen LogP contribution in [0.15, 0.2) is 30.3 Å². The van der Waals surface area contributed by atoms with Gasteiger partial charge in [0.05, 0.1) is 23.3 Å². The Morgan fingerprint density at radius 3 is 2.48 bits per heavy atom. The van der Waals surface area contributed by atoms with E-state index in [-0.39, 0.29) is 0 Å². The van der Waals surface area contributed by atoms with E-state index in [4.69, 9.17) is 32.7 Å². The Kier molecular flexibility index (Phi) is 4.19. The summed E-state index contributed by atoms with van der Waals surface area (Å²) in [6, 6.07) is 9.00. The second-order valence-corrected chi connectivity index (χ2v) is 5.50. The van der Waals surface area contributed by atoms with E-state index in [1.807, 2.05) is 24.3 Å². The molecule has 1 fully saturated rings. The van der Waals surface area contributed by atoms with Gasteiger partial charge in [0.2, 0.25) is 0 Å². The smallest absolute Gasteiger partial charge is 0.408 e. The van der Waals surface area contributed by atoms with Crippen molar-refractivity contribution in [3.05, 3.63) is 40.4 Å². The van der Waals surface area contributed by atoms with Gasteiger partial charge in [-0.15, -0.1) is 0 Å². The van der Waals surface area contributed by atoms with Crippen molar-refractivity contribution < 1.29 is 14.3 Å². The minimum atomic E-state index is -0.423. The lowest BCUT2D eigenvalue weighted by atomic mass is 10.1. The summed E-state index contributed by atoms with van der Waals surface area (Å²) < 4.78 is 10.7. The van der Waals surface area contributed by atoms with Crippen LogP contribution in [0, 0.1) is 0 Å². The third kappa shape index (κ3) is 2.93. The van der Waals surface area contributed by atoms with E-state index in [9.17, 15) is 4.79 Å². The number of amides is 1. The molecule has 4 nitrogen and oxygen atoms in total. The number of hydrogen-bond acceptors (Lipinski definition) is 3. The Morgan fingerprint density at radius 2 is 1.76 bits per heavy atom. The molecular weight excluding hydrogens is 313 g/mol. The number of fused-ring (bicyclic) bond motifs is 1. The van der Waals surface area contributed by atoms with Gasteiger partial charge in [-0.25, -0.2) is 4.79 Å². The van der Waals surface area contributed by atoms with E-state index in [0.717, 1.165) is 10.8 Å². The molecule has 0 bridgehead atoms. The Labute approximate surface area is 132 Å². The summed E-state index contributed by atoms with van der Waals surface area (Å²) in [4.78, 5) is 13.8. The topological polar surface area (TPSA) is 38.8 Å². The van der Waals surface area contributed by atoms with Crippen LogP contribution in [0.5, 0.6) is 5.75 Å². The minimum Gasteiger partial charge on any atom is -0.408 e. The van der Waals surface area contributed by atoms with Crippen LogP contribution in [0.4, 0.5) is 4.79 Å². The monoisotopic (exact) mass is 325 g/mol. The first-order chi connectivity index (χ1) is 10.2. The first kappa shape index (κ1) is 14.4. The van der Waals surface area contributed by atoms with Crippen molar-refractivity contribution in [2.75, 3.05) is 26.3 Å². The minimum absolute atomic E-state index is 0.320. The van der Waals surface area contributed by atoms with Gasteiger partial charge in [0.1, 0.15) is 0 Å². The fraction of sp³-hybridized carbons (Fsp3) is 0.267. The lowest BCUT2D eigenvalue weighted by Gasteiger charge is -2.26. The van der Waals surface area contributed by atoms with E-state index in [2.05, 4.69) is 0 Å². The fourth-order valence-electron chi connectivity index (χ4n) is 2.27. The van der Waals surface area contributed by atoms with E-state index in [1.54, 1.807) is 11.0 Å². The predicted octanol–water partition coefficient (Wildman–Crippen LogP) is 3.98. The zero-order valence-electron chi connectivity index (χ0n) is 11.1. The molecule has 0 atom stereocenters. The fourth-order valence-corrected chi connectivity index (χ4v) is 2.85.